The van der Waals surface area contributed by atoms with Gasteiger partial charge >= 0.3 is 0 Å². The molecule has 4 aromatic rings. The number of aryl methyl sites for hydroxylation is 1. The van der Waals surface area contributed by atoms with Crippen LogP contribution in [0, 0.1) is 6.92 Å². The number of aromatic nitrogens is 1. The van der Waals surface area contributed by atoms with Crippen LogP contribution in [-0.4, -0.2) is 59.7 Å². The second-order valence-electron chi connectivity index (χ2n) is 9.73. The second kappa shape index (κ2) is 10.1. The van der Waals surface area contributed by atoms with Crippen molar-refractivity contribution in [2.24, 2.45) is 0 Å². The highest BCUT2D eigenvalue weighted by atomic mass is 32.1. The molecule has 7 nitrogen and oxygen atoms in total. The van der Waals surface area contributed by atoms with Crippen LogP contribution in [0.1, 0.15) is 18.1 Å². The van der Waals surface area contributed by atoms with E-state index in [2.05, 4.69) is 52.4 Å². The van der Waals surface area contributed by atoms with Gasteiger partial charge in [0.05, 0.1) is 16.3 Å². The summed E-state index contributed by atoms with van der Waals surface area (Å²) in [5, 5.41) is 4.08. The molecule has 1 unspecified atom stereocenters. The minimum atomic E-state index is -0.195. The SMILES string of the molecule is Cc1ccc2nc(-c3ccc(NC(=O)C(C)N4CCN(Cc5ccc6c(c5)OCO6)CC4)cc3)sc2c1. The lowest BCUT2D eigenvalue weighted by molar-refractivity contribution is -0.121. The van der Waals surface area contributed by atoms with Gasteiger partial charge in [-0.05, 0) is 73.5 Å². The molecule has 0 aliphatic carbocycles. The second-order valence-corrected chi connectivity index (χ2v) is 10.8. The Morgan fingerprint density at radius 2 is 1.78 bits per heavy atom. The van der Waals surface area contributed by atoms with E-state index in [1.165, 1.54) is 15.8 Å². The summed E-state index contributed by atoms with van der Waals surface area (Å²) in [7, 11) is 0. The summed E-state index contributed by atoms with van der Waals surface area (Å²) < 4.78 is 12.1. The number of carbonyl (C=O) groups is 1. The van der Waals surface area contributed by atoms with Crippen LogP contribution < -0.4 is 14.8 Å². The zero-order chi connectivity index (χ0) is 25.4. The largest absolute Gasteiger partial charge is 0.454 e. The summed E-state index contributed by atoms with van der Waals surface area (Å²) in [5.74, 6) is 1.66. The van der Waals surface area contributed by atoms with Gasteiger partial charge in [-0.25, -0.2) is 4.98 Å². The molecule has 0 spiro atoms. The third-order valence-corrected chi connectivity index (χ3v) is 8.19. The van der Waals surface area contributed by atoms with Crippen LogP contribution in [0.4, 0.5) is 5.69 Å². The summed E-state index contributed by atoms with van der Waals surface area (Å²) in [5.41, 5.74) is 5.34. The third kappa shape index (κ3) is 5.18. The van der Waals surface area contributed by atoms with Crippen molar-refractivity contribution in [2.45, 2.75) is 26.4 Å². The van der Waals surface area contributed by atoms with E-state index in [9.17, 15) is 4.79 Å². The molecule has 2 aliphatic rings. The molecule has 3 aromatic carbocycles. The van der Waals surface area contributed by atoms with Crippen LogP contribution in [0.2, 0.25) is 0 Å². The number of rotatable bonds is 6. The number of nitrogens with one attached hydrogen (secondary N) is 1. The lowest BCUT2D eigenvalue weighted by atomic mass is 10.1. The molecule has 1 atom stereocenters. The monoisotopic (exact) mass is 514 g/mol. The van der Waals surface area contributed by atoms with Crippen molar-refractivity contribution in [2.75, 3.05) is 38.3 Å². The summed E-state index contributed by atoms with van der Waals surface area (Å²) in [6.07, 6.45) is 0. The van der Waals surface area contributed by atoms with Crippen LogP contribution in [0.25, 0.3) is 20.8 Å². The Labute approximate surface area is 220 Å². The predicted molar refractivity (Wildman–Crippen MR) is 147 cm³/mol. The molecule has 0 saturated carbocycles. The first-order valence-corrected chi connectivity index (χ1v) is 13.5. The zero-order valence-corrected chi connectivity index (χ0v) is 21.9. The number of hydrogen-bond acceptors (Lipinski definition) is 7. The Morgan fingerprint density at radius 1 is 1.00 bits per heavy atom. The smallest absolute Gasteiger partial charge is 0.241 e. The van der Waals surface area contributed by atoms with Gasteiger partial charge in [0.1, 0.15) is 5.01 Å². The first-order chi connectivity index (χ1) is 18.0. The number of ether oxygens (including phenoxy) is 2. The number of piperazine rings is 1. The van der Waals surface area contributed by atoms with Gasteiger partial charge in [-0.2, -0.15) is 0 Å². The van der Waals surface area contributed by atoms with E-state index in [-0.39, 0.29) is 11.9 Å². The molecule has 37 heavy (non-hydrogen) atoms. The fraction of sp³-hybridized carbons (Fsp3) is 0.310. The number of benzene rings is 3. The average Bonchev–Trinajstić information content (AvgIpc) is 3.55. The molecule has 6 rings (SSSR count). The molecular formula is C29H30N4O3S. The molecule has 2 aliphatic heterocycles. The van der Waals surface area contributed by atoms with E-state index >= 15 is 0 Å². The Morgan fingerprint density at radius 3 is 2.59 bits per heavy atom. The molecule has 3 heterocycles. The van der Waals surface area contributed by atoms with E-state index in [1.807, 2.05) is 37.3 Å². The van der Waals surface area contributed by atoms with Crippen molar-refractivity contribution >= 4 is 33.1 Å². The molecule has 0 bridgehead atoms. The maximum absolute atomic E-state index is 13.0. The van der Waals surface area contributed by atoms with Crippen molar-refractivity contribution < 1.29 is 14.3 Å². The minimum Gasteiger partial charge on any atom is -0.454 e. The summed E-state index contributed by atoms with van der Waals surface area (Å²) in [6, 6.07) is 20.2. The standard InChI is InChI=1S/C29H30N4O3S/c1-19-3-9-24-27(15-19)37-29(31-24)22-5-7-23(8-6-22)30-28(34)20(2)33-13-11-32(12-14-33)17-21-4-10-25-26(16-21)36-18-35-25/h3-10,15-16,20H,11-14,17-18H2,1-2H3,(H,30,34). The van der Waals surface area contributed by atoms with E-state index in [0.29, 0.717) is 6.79 Å². The zero-order valence-electron chi connectivity index (χ0n) is 21.1. The van der Waals surface area contributed by atoms with Crippen LogP contribution in [0.3, 0.4) is 0 Å². The number of fused-ring (bicyclic) bond motifs is 2. The lowest BCUT2D eigenvalue weighted by Gasteiger charge is -2.37. The Balaban J connectivity index is 1.02. The number of amides is 1. The quantitative estimate of drug-likeness (QED) is 0.384. The molecule has 8 heteroatoms. The van der Waals surface area contributed by atoms with Gasteiger partial charge in [0, 0.05) is 44.0 Å². The van der Waals surface area contributed by atoms with Gasteiger partial charge in [0.2, 0.25) is 12.7 Å². The minimum absolute atomic E-state index is 0.0208. The van der Waals surface area contributed by atoms with Crippen molar-refractivity contribution in [3.8, 4) is 22.1 Å². The van der Waals surface area contributed by atoms with Crippen LogP contribution >= 0.6 is 11.3 Å². The highest BCUT2D eigenvalue weighted by molar-refractivity contribution is 7.21. The number of anilines is 1. The fourth-order valence-corrected chi connectivity index (χ4v) is 5.94. The molecule has 0 radical (unpaired) electrons. The fourth-order valence-electron chi connectivity index (χ4n) is 4.87. The van der Waals surface area contributed by atoms with Crippen LogP contribution in [0.15, 0.2) is 60.7 Å². The Bertz CT molecular complexity index is 1430. The average molecular weight is 515 g/mol. The number of thiazole rings is 1. The van der Waals surface area contributed by atoms with Crippen molar-refractivity contribution in [3.05, 3.63) is 71.8 Å². The first kappa shape index (κ1) is 23.9. The van der Waals surface area contributed by atoms with E-state index in [0.717, 1.165) is 66.0 Å². The molecule has 190 valence electrons. The van der Waals surface area contributed by atoms with Crippen LogP contribution in [0.5, 0.6) is 11.5 Å². The highest BCUT2D eigenvalue weighted by Gasteiger charge is 2.26. The molecule has 1 fully saturated rings. The van der Waals surface area contributed by atoms with Crippen molar-refractivity contribution in [1.29, 1.82) is 0 Å². The molecule has 1 amide bonds. The molecule has 1 saturated heterocycles. The molecule has 1 N–H and O–H groups in total. The lowest BCUT2D eigenvalue weighted by Crippen LogP contribution is -2.52. The Kier molecular flexibility index (Phi) is 6.54. The van der Waals surface area contributed by atoms with E-state index in [1.54, 1.807) is 11.3 Å². The van der Waals surface area contributed by atoms with Crippen LogP contribution in [-0.2, 0) is 11.3 Å². The Hall–Kier alpha value is -3.46. The first-order valence-electron chi connectivity index (χ1n) is 12.7. The maximum Gasteiger partial charge on any atom is 0.241 e. The number of hydrogen-bond donors (Lipinski definition) is 1. The van der Waals surface area contributed by atoms with E-state index in [4.69, 9.17) is 14.5 Å². The topological polar surface area (TPSA) is 66.9 Å². The molecule has 1 aromatic heterocycles. The third-order valence-electron chi connectivity index (χ3n) is 7.12. The number of nitrogens with zero attached hydrogens (tertiary/aromatic N) is 3. The highest BCUT2D eigenvalue weighted by Crippen LogP contribution is 2.33. The van der Waals surface area contributed by atoms with E-state index < -0.39 is 0 Å². The number of carbonyl (C=O) groups excluding carboxylic acids is 1. The van der Waals surface area contributed by atoms with Gasteiger partial charge in [0.15, 0.2) is 11.5 Å². The van der Waals surface area contributed by atoms with Gasteiger partial charge in [0.25, 0.3) is 0 Å². The van der Waals surface area contributed by atoms with Gasteiger partial charge in [-0.3, -0.25) is 14.6 Å². The molecular weight excluding hydrogens is 484 g/mol. The van der Waals surface area contributed by atoms with Crippen molar-refractivity contribution in [3.63, 3.8) is 0 Å². The summed E-state index contributed by atoms with van der Waals surface area (Å²) >= 11 is 1.69. The predicted octanol–water partition coefficient (Wildman–Crippen LogP) is 5.15. The van der Waals surface area contributed by atoms with Gasteiger partial charge in [-0.1, -0.05) is 12.1 Å². The normalized spacial score (nSPS) is 16.7. The summed E-state index contributed by atoms with van der Waals surface area (Å²) in [6.45, 7) is 8.80. The maximum atomic E-state index is 13.0. The summed E-state index contributed by atoms with van der Waals surface area (Å²) in [4.78, 5) is 22.4. The van der Waals surface area contributed by atoms with Crippen molar-refractivity contribution in [1.82, 2.24) is 14.8 Å². The van der Waals surface area contributed by atoms with Gasteiger partial charge < -0.3 is 14.8 Å². The van der Waals surface area contributed by atoms with Gasteiger partial charge in [-0.15, -0.1) is 11.3 Å².